The second kappa shape index (κ2) is 5.60. The SMILES string of the molecule is C/C(=N/NC(=O)c1ccccc1C)c1cccs1. The Morgan fingerprint density at radius 3 is 2.67 bits per heavy atom. The number of thiophene rings is 1. The van der Waals surface area contributed by atoms with Crippen LogP contribution in [0.15, 0.2) is 46.9 Å². The van der Waals surface area contributed by atoms with Crippen molar-refractivity contribution in [3.05, 3.63) is 57.8 Å². The molecule has 2 rings (SSSR count). The zero-order valence-corrected chi connectivity index (χ0v) is 11.1. The van der Waals surface area contributed by atoms with Gasteiger partial charge in [-0.15, -0.1) is 11.3 Å². The standard InChI is InChI=1S/C14H14N2OS/c1-10-6-3-4-7-12(10)14(17)16-15-11(2)13-8-5-9-18-13/h3-9H,1-2H3,(H,16,17)/b15-11-. The summed E-state index contributed by atoms with van der Waals surface area (Å²) in [5, 5.41) is 6.10. The number of hydrogen-bond donors (Lipinski definition) is 1. The summed E-state index contributed by atoms with van der Waals surface area (Å²) in [6.45, 7) is 3.79. The van der Waals surface area contributed by atoms with Crippen molar-refractivity contribution < 1.29 is 4.79 Å². The minimum atomic E-state index is -0.177. The third-order valence-corrected chi connectivity index (χ3v) is 3.57. The Morgan fingerprint density at radius 1 is 1.22 bits per heavy atom. The van der Waals surface area contributed by atoms with Gasteiger partial charge in [-0.1, -0.05) is 24.3 Å². The molecule has 0 saturated carbocycles. The van der Waals surface area contributed by atoms with Gasteiger partial charge in [-0.05, 0) is 36.9 Å². The van der Waals surface area contributed by atoms with Crippen molar-refractivity contribution in [1.29, 1.82) is 0 Å². The van der Waals surface area contributed by atoms with Gasteiger partial charge in [0.1, 0.15) is 0 Å². The molecule has 0 aliphatic rings. The van der Waals surface area contributed by atoms with Gasteiger partial charge in [0.2, 0.25) is 0 Å². The number of nitrogens with zero attached hydrogens (tertiary/aromatic N) is 1. The van der Waals surface area contributed by atoms with Gasteiger partial charge in [0, 0.05) is 10.4 Å². The van der Waals surface area contributed by atoms with Crippen molar-refractivity contribution in [2.24, 2.45) is 5.10 Å². The first-order valence-electron chi connectivity index (χ1n) is 5.62. The smallest absolute Gasteiger partial charge is 0.267 e. The van der Waals surface area contributed by atoms with Crippen LogP contribution >= 0.6 is 11.3 Å². The van der Waals surface area contributed by atoms with Gasteiger partial charge in [-0.3, -0.25) is 4.79 Å². The molecule has 2 aromatic rings. The third-order valence-electron chi connectivity index (χ3n) is 2.59. The number of rotatable bonds is 3. The van der Waals surface area contributed by atoms with E-state index in [1.807, 2.05) is 49.6 Å². The summed E-state index contributed by atoms with van der Waals surface area (Å²) >= 11 is 1.60. The fourth-order valence-electron chi connectivity index (χ4n) is 1.56. The Bertz CT molecular complexity index is 573. The summed E-state index contributed by atoms with van der Waals surface area (Å²) in [5.41, 5.74) is 4.99. The second-order valence-electron chi connectivity index (χ2n) is 3.93. The van der Waals surface area contributed by atoms with Gasteiger partial charge in [0.15, 0.2) is 0 Å². The van der Waals surface area contributed by atoms with Crippen LogP contribution in [0.3, 0.4) is 0 Å². The quantitative estimate of drug-likeness (QED) is 0.666. The molecule has 1 heterocycles. The Balaban J connectivity index is 2.09. The van der Waals surface area contributed by atoms with E-state index in [0.29, 0.717) is 5.56 Å². The van der Waals surface area contributed by atoms with Crippen LogP contribution < -0.4 is 5.43 Å². The molecule has 3 nitrogen and oxygen atoms in total. The summed E-state index contributed by atoms with van der Waals surface area (Å²) in [7, 11) is 0. The highest BCUT2D eigenvalue weighted by Crippen LogP contribution is 2.10. The zero-order chi connectivity index (χ0) is 13.0. The fraction of sp³-hybridized carbons (Fsp3) is 0.143. The summed E-state index contributed by atoms with van der Waals surface area (Å²) < 4.78 is 0. The molecular weight excluding hydrogens is 244 g/mol. The van der Waals surface area contributed by atoms with Gasteiger partial charge >= 0.3 is 0 Å². The lowest BCUT2D eigenvalue weighted by Crippen LogP contribution is -2.20. The Hall–Kier alpha value is -1.94. The average Bonchev–Trinajstić information content (AvgIpc) is 2.90. The van der Waals surface area contributed by atoms with Crippen LogP contribution in [-0.2, 0) is 0 Å². The van der Waals surface area contributed by atoms with Crippen molar-refractivity contribution in [3.63, 3.8) is 0 Å². The number of hydrogen-bond acceptors (Lipinski definition) is 3. The highest BCUT2D eigenvalue weighted by atomic mass is 32.1. The maximum absolute atomic E-state index is 11.9. The van der Waals surface area contributed by atoms with Crippen LogP contribution in [0.2, 0.25) is 0 Å². The van der Waals surface area contributed by atoms with Crippen molar-refractivity contribution in [2.75, 3.05) is 0 Å². The highest BCUT2D eigenvalue weighted by Gasteiger charge is 2.07. The predicted octanol–water partition coefficient (Wildman–Crippen LogP) is 3.21. The van der Waals surface area contributed by atoms with E-state index in [4.69, 9.17) is 0 Å². The van der Waals surface area contributed by atoms with Crippen LogP contribution in [0.5, 0.6) is 0 Å². The van der Waals surface area contributed by atoms with E-state index >= 15 is 0 Å². The Kier molecular flexibility index (Phi) is 3.89. The van der Waals surface area contributed by atoms with Gasteiger partial charge < -0.3 is 0 Å². The van der Waals surface area contributed by atoms with E-state index < -0.39 is 0 Å². The van der Waals surface area contributed by atoms with Gasteiger partial charge in [-0.25, -0.2) is 5.43 Å². The fourth-order valence-corrected chi connectivity index (χ4v) is 2.24. The normalized spacial score (nSPS) is 11.3. The molecule has 0 aliphatic carbocycles. The molecule has 1 amide bonds. The van der Waals surface area contributed by atoms with E-state index in [1.165, 1.54) is 0 Å². The second-order valence-corrected chi connectivity index (χ2v) is 4.88. The summed E-state index contributed by atoms with van der Waals surface area (Å²) in [4.78, 5) is 13.0. The molecule has 0 atom stereocenters. The number of nitrogens with one attached hydrogen (secondary N) is 1. The van der Waals surface area contributed by atoms with Crippen LogP contribution in [-0.4, -0.2) is 11.6 Å². The van der Waals surface area contributed by atoms with Crippen molar-refractivity contribution in [1.82, 2.24) is 5.43 Å². The molecule has 0 spiro atoms. The molecule has 92 valence electrons. The molecule has 1 N–H and O–H groups in total. The molecule has 0 aliphatic heterocycles. The maximum Gasteiger partial charge on any atom is 0.271 e. The van der Waals surface area contributed by atoms with Crippen LogP contribution in [0.25, 0.3) is 0 Å². The largest absolute Gasteiger partial charge is 0.271 e. The van der Waals surface area contributed by atoms with E-state index in [1.54, 1.807) is 17.4 Å². The highest BCUT2D eigenvalue weighted by molar-refractivity contribution is 7.12. The van der Waals surface area contributed by atoms with Crippen molar-refractivity contribution >= 4 is 23.0 Å². The van der Waals surface area contributed by atoms with Gasteiger partial charge in [0.05, 0.1) is 5.71 Å². The van der Waals surface area contributed by atoms with Gasteiger partial charge in [0.25, 0.3) is 5.91 Å². The number of hydrazone groups is 1. The zero-order valence-electron chi connectivity index (χ0n) is 10.3. The van der Waals surface area contributed by atoms with Crippen LogP contribution in [0.1, 0.15) is 27.7 Å². The molecular formula is C14H14N2OS. The lowest BCUT2D eigenvalue weighted by atomic mass is 10.1. The van der Waals surface area contributed by atoms with Gasteiger partial charge in [-0.2, -0.15) is 5.10 Å². The van der Waals surface area contributed by atoms with E-state index in [0.717, 1.165) is 16.2 Å². The maximum atomic E-state index is 11.9. The van der Waals surface area contributed by atoms with E-state index in [2.05, 4.69) is 10.5 Å². The minimum absolute atomic E-state index is 0.177. The van der Waals surface area contributed by atoms with Crippen molar-refractivity contribution in [3.8, 4) is 0 Å². The Labute approximate surface area is 110 Å². The lowest BCUT2D eigenvalue weighted by Gasteiger charge is -2.04. The minimum Gasteiger partial charge on any atom is -0.267 e. The number of aryl methyl sites for hydroxylation is 1. The third kappa shape index (κ3) is 2.84. The molecule has 4 heteroatoms. The topological polar surface area (TPSA) is 41.5 Å². The monoisotopic (exact) mass is 258 g/mol. The number of carbonyl (C=O) groups is 1. The first-order chi connectivity index (χ1) is 8.68. The molecule has 18 heavy (non-hydrogen) atoms. The molecule has 0 fully saturated rings. The molecule has 0 saturated heterocycles. The first-order valence-corrected chi connectivity index (χ1v) is 6.50. The predicted molar refractivity (Wildman–Crippen MR) is 75.2 cm³/mol. The average molecular weight is 258 g/mol. The molecule has 1 aromatic heterocycles. The molecule has 0 bridgehead atoms. The Morgan fingerprint density at radius 2 is 2.00 bits per heavy atom. The molecule has 0 unspecified atom stereocenters. The summed E-state index contributed by atoms with van der Waals surface area (Å²) in [5.74, 6) is -0.177. The van der Waals surface area contributed by atoms with Crippen LogP contribution in [0, 0.1) is 6.92 Å². The van der Waals surface area contributed by atoms with Crippen molar-refractivity contribution in [2.45, 2.75) is 13.8 Å². The molecule has 0 radical (unpaired) electrons. The summed E-state index contributed by atoms with van der Waals surface area (Å²) in [6.07, 6.45) is 0. The number of amides is 1. The summed E-state index contributed by atoms with van der Waals surface area (Å²) in [6, 6.07) is 11.4. The van der Waals surface area contributed by atoms with Crippen LogP contribution in [0.4, 0.5) is 0 Å². The van der Waals surface area contributed by atoms with E-state index in [-0.39, 0.29) is 5.91 Å². The lowest BCUT2D eigenvalue weighted by molar-refractivity contribution is 0.0954. The number of benzene rings is 1. The number of carbonyl (C=O) groups excluding carboxylic acids is 1. The molecule has 1 aromatic carbocycles. The first kappa shape index (κ1) is 12.5. The van der Waals surface area contributed by atoms with E-state index in [9.17, 15) is 4.79 Å².